The highest BCUT2D eigenvalue weighted by Gasteiger charge is 2.20. The minimum atomic E-state index is 0.727. The molecule has 0 bridgehead atoms. The molecule has 6 heterocycles. The minimum Gasteiger partial charge on any atom is -0.456 e. The van der Waals surface area contributed by atoms with Crippen LogP contribution in [0.1, 0.15) is 0 Å². The summed E-state index contributed by atoms with van der Waals surface area (Å²) in [6.07, 6.45) is 0. The van der Waals surface area contributed by atoms with Crippen LogP contribution in [-0.4, -0.2) is 29.9 Å². The molecule has 0 unspecified atom stereocenters. The van der Waals surface area contributed by atoms with E-state index in [1.54, 1.807) is 0 Å². The van der Waals surface area contributed by atoms with Crippen molar-refractivity contribution in [2.75, 3.05) is 0 Å². The quantitative estimate of drug-likeness (QED) is 0.132. The van der Waals surface area contributed by atoms with E-state index in [1.165, 1.54) is 11.1 Å². The molecule has 22 aromatic rings. The fourth-order valence-corrected chi connectivity index (χ4v) is 15.1. The van der Waals surface area contributed by atoms with Crippen LogP contribution in [0.3, 0.4) is 0 Å². The lowest BCUT2D eigenvalue weighted by molar-refractivity contribution is 0.668. The lowest BCUT2D eigenvalue weighted by atomic mass is 9.97. The van der Waals surface area contributed by atoms with Crippen molar-refractivity contribution >= 4 is 98.7 Å². The van der Waals surface area contributed by atoms with E-state index in [0.29, 0.717) is 0 Å². The lowest BCUT2D eigenvalue weighted by Crippen LogP contribution is -1.97. The highest BCUT2D eigenvalue weighted by Crippen LogP contribution is 2.41. The Labute approximate surface area is 638 Å². The molecular weight excluding hydrogens is 1360 g/mol. The monoisotopic (exact) mass is 1420 g/mol. The molecule has 0 aliphatic heterocycles. The molecule has 0 saturated heterocycles. The van der Waals surface area contributed by atoms with Crippen molar-refractivity contribution < 1.29 is 13.3 Å². The molecule has 0 amide bonds. The van der Waals surface area contributed by atoms with Gasteiger partial charge >= 0.3 is 0 Å². The number of aromatic nitrogens is 6. The molecule has 0 saturated carbocycles. The molecule has 0 aliphatic rings. The number of fused-ring (bicyclic) bond motifs is 12. The normalized spacial score (nSPS) is 11.4. The molecule has 111 heavy (non-hydrogen) atoms. The van der Waals surface area contributed by atoms with Gasteiger partial charge in [0.1, 0.15) is 33.5 Å². The third-order valence-electron chi connectivity index (χ3n) is 20.7. The Morgan fingerprint density at radius 2 is 0.486 bits per heavy atom. The third kappa shape index (κ3) is 12.6. The smallest absolute Gasteiger partial charge is 0.160 e. The van der Waals surface area contributed by atoms with Crippen LogP contribution in [0.2, 0.25) is 0 Å². The highest BCUT2D eigenvalue weighted by molar-refractivity contribution is 6.10. The Balaban J connectivity index is 0.000000109. The zero-order valence-electron chi connectivity index (χ0n) is 59.9. The minimum absolute atomic E-state index is 0.727. The SMILES string of the molecule is c1ccc(-c2nc(-c3ccccc3)c3cc(-c4ccc(-c5ccc6oc7ccccc7c6c5)cc4)ccc3n2)cc1.c1ccc(-c2nc(-c3ccccc3)c3ccc(-c4ccc5oc6ccccc6c5c4)cc3n2)cc1.c1ccc(-c2nc3cccc(-c4ccc5oc6ccccc6c5c4)c3nc2-c2ccccc2)cc1. The molecule has 0 spiro atoms. The van der Waals surface area contributed by atoms with Gasteiger partial charge in [-0.05, 0) is 124 Å². The molecule has 16 aromatic carbocycles. The number of hydrogen-bond acceptors (Lipinski definition) is 9. The third-order valence-corrected chi connectivity index (χ3v) is 20.7. The highest BCUT2D eigenvalue weighted by atomic mass is 16.3. The van der Waals surface area contributed by atoms with E-state index in [2.05, 4.69) is 231 Å². The Morgan fingerprint density at radius 1 is 0.153 bits per heavy atom. The first kappa shape index (κ1) is 65.5. The van der Waals surface area contributed by atoms with Gasteiger partial charge in [0.05, 0.1) is 44.8 Å². The van der Waals surface area contributed by atoms with Gasteiger partial charge in [-0.15, -0.1) is 0 Å². The lowest BCUT2D eigenvalue weighted by Gasteiger charge is -2.13. The van der Waals surface area contributed by atoms with Gasteiger partial charge in [0.2, 0.25) is 0 Å². The van der Waals surface area contributed by atoms with Crippen LogP contribution in [0.4, 0.5) is 0 Å². The van der Waals surface area contributed by atoms with Crippen LogP contribution in [0, 0.1) is 0 Å². The van der Waals surface area contributed by atoms with Crippen molar-refractivity contribution in [3.05, 3.63) is 388 Å². The number of benzene rings is 16. The van der Waals surface area contributed by atoms with Crippen molar-refractivity contribution in [2.45, 2.75) is 0 Å². The fourth-order valence-electron chi connectivity index (χ4n) is 15.1. The van der Waals surface area contributed by atoms with Gasteiger partial charge < -0.3 is 13.3 Å². The number of furan rings is 3. The number of para-hydroxylation sites is 4. The van der Waals surface area contributed by atoms with E-state index in [0.717, 1.165) is 200 Å². The Bertz CT molecular complexity index is 7230. The van der Waals surface area contributed by atoms with Gasteiger partial charge in [-0.3, -0.25) is 0 Å². The molecule has 0 N–H and O–H groups in total. The predicted molar refractivity (Wildman–Crippen MR) is 455 cm³/mol. The summed E-state index contributed by atoms with van der Waals surface area (Å²) in [5.74, 6) is 1.46. The summed E-state index contributed by atoms with van der Waals surface area (Å²) in [4.78, 5) is 30.3. The summed E-state index contributed by atoms with van der Waals surface area (Å²) in [5.41, 5.74) is 28.0. The second kappa shape index (κ2) is 28.3. The summed E-state index contributed by atoms with van der Waals surface area (Å²) < 4.78 is 18.1. The molecule has 22 rings (SSSR count). The molecule has 6 aromatic heterocycles. The van der Waals surface area contributed by atoms with Crippen molar-refractivity contribution in [1.82, 2.24) is 29.9 Å². The predicted octanol–water partition coefficient (Wildman–Crippen LogP) is 27.3. The maximum Gasteiger partial charge on any atom is 0.160 e. The van der Waals surface area contributed by atoms with Crippen molar-refractivity contribution in [2.24, 2.45) is 0 Å². The maximum absolute atomic E-state index is 6.04. The van der Waals surface area contributed by atoms with E-state index >= 15 is 0 Å². The largest absolute Gasteiger partial charge is 0.456 e. The Morgan fingerprint density at radius 3 is 0.964 bits per heavy atom. The second-order valence-corrected chi connectivity index (χ2v) is 27.6. The van der Waals surface area contributed by atoms with Gasteiger partial charge in [-0.25, -0.2) is 29.9 Å². The molecule has 0 radical (unpaired) electrons. The number of rotatable bonds is 10. The van der Waals surface area contributed by atoms with Crippen LogP contribution in [0.25, 0.3) is 211 Å². The van der Waals surface area contributed by atoms with Crippen LogP contribution >= 0.6 is 0 Å². The molecule has 9 heteroatoms. The average molecular weight is 1420 g/mol. The van der Waals surface area contributed by atoms with Gasteiger partial charge in [-0.1, -0.05) is 303 Å². The van der Waals surface area contributed by atoms with Crippen molar-refractivity contribution in [3.63, 3.8) is 0 Å². The fraction of sp³-hybridized carbons (Fsp3) is 0. The Kier molecular flexibility index (Phi) is 16.7. The van der Waals surface area contributed by atoms with Crippen LogP contribution in [0.15, 0.2) is 401 Å². The second-order valence-electron chi connectivity index (χ2n) is 27.6. The zero-order chi connectivity index (χ0) is 73.6. The Hall–Kier alpha value is -15.1. The zero-order valence-corrected chi connectivity index (χ0v) is 59.9. The average Bonchev–Trinajstić information content (AvgIpc) is 1.71. The van der Waals surface area contributed by atoms with E-state index < -0.39 is 0 Å². The standard InChI is InChI=1S/C38H24N2O.2C32H20N2O/c1-3-9-27(10-4-1)37-33-24-29(19-21-34(33)39-38(40-37)28-11-5-2-6-12-28)25-15-17-26(18-16-25)30-20-22-36-32(23-30)31-13-7-8-14-35(31)41-36;1-3-10-21(11-4-1)30-31(22-12-5-2-6-13-22)34-32-24(15-9-16-27(32)33-30)23-18-19-29-26(20-23)25-14-7-8-17-28(25)35-29;1-3-9-21(10-4-1)31-26-17-15-24(20-28(26)33-32(34-31)22-11-5-2-6-12-22)23-16-18-30-27(19-23)25-13-7-8-14-29(25)35-30/h1-24H;2*1-20H. The molecule has 0 fully saturated rings. The van der Waals surface area contributed by atoms with E-state index in [9.17, 15) is 0 Å². The first-order chi connectivity index (χ1) is 55.0. The number of hydrogen-bond donors (Lipinski definition) is 0. The first-order valence-corrected chi connectivity index (χ1v) is 37.1. The summed E-state index contributed by atoms with van der Waals surface area (Å²) in [7, 11) is 0. The summed E-state index contributed by atoms with van der Waals surface area (Å²) in [6, 6.07) is 133. The maximum atomic E-state index is 6.04. The van der Waals surface area contributed by atoms with Crippen LogP contribution in [-0.2, 0) is 0 Å². The van der Waals surface area contributed by atoms with E-state index in [4.69, 9.17) is 43.2 Å². The number of nitrogens with zero attached hydrogens (tertiary/aromatic N) is 6. The molecule has 0 atom stereocenters. The first-order valence-electron chi connectivity index (χ1n) is 37.1. The van der Waals surface area contributed by atoms with Gasteiger partial charge in [0.15, 0.2) is 11.6 Å². The molecule has 0 aliphatic carbocycles. The van der Waals surface area contributed by atoms with Crippen LogP contribution in [0.5, 0.6) is 0 Å². The topological polar surface area (TPSA) is 117 Å². The van der Waals surface area contributed by atoms with Gasteiger partial charge in [-0.2, -0.15) is 0 Å². The summed E-state index contributed by atoms with van der Waals surface area (Å²) >= 11 is 0. The van der Waals surface area contributed by atoms with Crippen molar-refractivity contribution in [1.29, 1.82) is 0 Å². The molecule has 9 nitrogen and oxygen atoms in total. The van der Waals surface area contributed by atoms with Crippen LogP contribution < -0.4 is 0 Å². The molecule has 520 valence electrons. The summed E-state index contributed by atoms with van der Waals surface area (Å²) in [6.45, 7) is 0. The van der Waals surface area contributed by atoms with E-state index in [-0.39, 0.29) is 0 Å². The van der Waals surface area contributed by atoms with Crippen molar-refractivity contribution in [3.8, 4) is 112 Å². The summed E-state index contributed by atoms with van der Waals surface area (Å²) in [5, 5.41) is 8.83. The molecular formula is C102H64N6O3. The van der Waals surface area contributed by atoms with E-state index in [1.807, 2.05) is 158 Å². The van der Waals surface area contributed by atoms with Gasteiger partial charge in [0, 0.05) is 82.0 Å². The van der Waals surface area contributed by atoms with Gasteiger partial charge in [0.25, 0.3) is 0 Å².